The highest BCUT2D eigenvalue weighted by Crippen LogP contribution is 2.48. The van der Waals surface area contributed by atoms with Gasteiger partial charge in [-0.3, -0.25) is 14.7 Å². The minimum absolute atomic E-state index is 0.00813. The van der Waals surface area contributed by atoms with Crippen LogP contribution in [0.25, 0.3) is 0 Å². The fraction of sp³-hybridized carbons (Fsp3) is 0.500. The molecule has 2 aliphatic rings. The Hall–Kier alpha value is -2.11. The molecule has 0 spiro atoms. The number of carboxylic acids is 1. The summed E-state index contributed by atoms with van der Waals surface area (Å²) in [5, 5.41) is 15.9. The summed E-state index contributed by atoms with van der Waals surface area (Å²) in [6.07, 6.45) is 8.13. The first kappa shape index (κ1) is 12.9. The Morgan fingerprint density at radius 2 is 2.10 bits per heavy atom. The molecule has 4 atom stereocenters. The number of carboxylic acid groups (broad SMARTS) is 1. The quantitative estimate of drug-likeness (QED) is 0.799. The number of fused-ring (bicyclic) bond motifs is 2. The maximum atomic E-state index is 12.6. The van der Waals surface area contributed by atoms with Gasteiger partial charge < -0.3 is 10.0 Å². The number of carbonyl (C=O) groups is 2. The molecule has 1 heterocycles. The highest BCUT2D eigenvalue weighted by molar-refractivity contribution is 5.86. The van der Waals surface area contributed by atoms with Gasteiger partial charge in [-0.05, 0) is 18.3 Å². The Bertz CT molecular complexity index is 552. The number of hydrogen-bond acceptors (Lipinski definition) is 3. The van der Waals surface area contributed by atoms with Crippen molar-refractivity contribution in [3.05, 3.63) is 30.1 Å². The fourth-order valence-electron chi connectivity index (χ4n) is 3.47. The van der Waals surface area contributed by atoms with Gasteiger partial charge in [-0.25, -0.2) is 0 Å². The van der Waals surface area contributed by atoms with Gasteiger partial charge in [0, 0.05) is 25.4 Å². The Morgan fingerprint density at radius 1 is 1.40 bits per heavy atom. The molecule has 0 aromatic carbocycles. The lowest BCUT2D eigenvalue weighted by atomic mass is 9.82. The molecule has 6 heteroatoms. The number of nitrogens with one attached hydrogen (secondary N) is 1. The summed E-state index contributed by atoms with van der Waals surface area (Å²) >= 11 is 0. The highest BCUT2D eigenvalue weighted by Gasteiger charge is 2.52. The summed E-state index contributed by atoms with van der Waals surface area (Å²) in [4.78, 5) is 25.6. The lowest BCUT2D eigenvalue weighted by molar-refractivity contribution is -0.150. The first-order valence-corrected chi connectivity index (χ1v) is 6.71. The lowest BCUT2D eigenvalue weighted by Gasteiger charge is -2.28. The van der Waals surface area contributed by atoms with Gasteiger partial charge in [-0.15, -0.1) is 0 Å². The van der Waals surface area contributed by atoms with Crippen molar-refractivity contribution >= 4 is 11.9 Å². The van der Waals surface area contributed by atoms with Crippen molar-refractivity contribution in [3.8, 4) is 0 Å². The zero-order valence-corrected chi connectivity index (χ0v) is 11.2. The molecular weight excluding hydrogens is 258 g/mol. The van der Waals surface area contributed by atoms with E-state index in [1.54, 1.807) is 24.3 Å². The van der Waals surface area contributed by atoms with Crippen LogP contribution in [0.15, 0.2) is 24.5 Å². The molecule has 4 unspecified atom stereocenters. The zero-order valence-electron chi connectivity index (χ0n) is 11.2. The van der Waals surface area contributed by atoms with Gasteiger partial charge in [0.25, 0.3) is 0 Å². The van der Waals surface area contributed by atoms with E-state index in [2.05, 4.69) is 10.2 Å². The minimum Gasteiger partial charge on any atom is -0.481 e. The predicted molar refractivity (Wildman–Crippen MR) is 70.4 cm³/mol. The second kappa shape index (κ2) is 4.77. The maximum absolute atomic E-state index is 12.6. The maximum Gasteiger partial charge on any atom is 0.307 e. The number of hydrogen-bond donors (Lipinski definition) is 2. The van der Waals surface area contributed by atoms with E-state index in [4.69, 9.17) is 0 Å². The fourth-order valence-corrected chi connectivity index (χ4v) is 3.47. The lowest BCUT2D eigenvalue weighted by Crippen LogP contribution is -2.40. The molecule has 2 bridgehead atoms. The third-order valence-electron chi connectivity index (χ3n) is 4.38. The van der Waals surface area contributed by atoms with Gasteiger partial charge in [0.05, 0.1) is 18.0 Å². The van der Waals surface area contributed by atoms with Crippen LogP contribution in [-0.4, -0.2) is 39.1 Å². The van der Waals surface area contributed by atoms with Gasteiger partial charge in [0.15, 0.2) is 0 Å². The normalized spacial score (nSPS) is 30.6. The number of aliphatic carboxylic acids is 1. The number of allylic oxidation sites excluding steroid dienone is 2. The Kier molecular flexibility index (Phi) is 3.08. The molecule has 0 saturated heterocycles. The molecule has 0 radical (unpaired) electrons. The van der Waals surface area contributed by atoms with E-state index < -0.39 is 17.8 Å². The first-order chi connectivity index (χ1) is 9.58. The summed E-state index contributed by atoms with van der Waals surface area (Å²) in [5.74, 6) is -1.88. The van der Waals surface area contributed by atoms with Crippen LogP contribution in [0.5, 0.6) is 0 Å². The van der Waals surface area contributed by atoms with Crippen LogP contribution >= 0.6 is 0 Å². The molecule has 1 amide bonds. The van der Waals surface area contributed by atoms with E-state index in [1.807, 2.05) is 12.2 Å². The van der Waals surface area contributed by atoms with Gasteiger partial charge in [-0.1, -0.05) is 12.2 Å². The number of H-pyrrole nitrogens is 1. The molecule has 0 aliphatic heterocycles. The summed E-state index contributed by atoms with van der Waals surface area (Å²) in [6.45, 7) is 0.444. The molecule has 2 aliphatic carbocycles. The summed E-state index contributed by atoms with van der Waals surface area (Å²) < 4.78 is 0. The molecule has 1 saturated carbocycles. The van der Waals surface area contributed by atoms with E-state index >= 15 is 0 Å². The predicted octanol–water partition coefficient (Wildman–Crippen LogP) is 0.891. The van der Waals surface area contributed by atoms with Gasteiger partial charge >= 0.3 is 5.97 Å². The minimum atomic E-state index is -0.864. The third-order valence-corrected chi connectivity index (χ3v) is 4.38. The molecular formula is C14H17N3O3. The topological polar surface area (TPSA) is 86.3 Å². The van der Waals surface area contributed by atoms with Crippen LogP contribution in [0, 0.1) is 23.7 Å². The van der Waals surface area contributed by atoms with Crippen molar-refractivity contribution in [1.29, 1.82) is 0 Å². The second-order valence-electron chi connectivity index (χ2n) is 5.64. The van der Waals surface area contributed by atoms with Gasteiger partial charge in [-0.2, -0.15) is 5.10 Å². The molecule has 20 heavy (non-hydrogen) atoms. The summed E-state index contributed by atoms with van der Waals surface area (Å²) in [5.41, 5.74) is 0.909. The summed E-state index contributed by atoms with van der Waals surface area (Å²) in [6, 6.07) is 0. The Morgan fingerprint density at radius 3 is 2.70 bits per heavy atom. The zero-order chi connectivity index (χ0) is 14.3. The number of amides is 1. The van der Waals surface area contributed by atoms with Crippen molar-refractivity contribution < 1.29 is 14.7 Å². The van der Waals surface area contributed by atoms with Crippen molar-refractivity contribution in [2.45, 2.75) is 13.0 Å². The third kappa shape index (κ3) is 2.01. The smallest absolute Gasteiger partial charge is 0.307 e. The van der Waals surface area contributed by atoms with Crippen LogP contribution in [-0.2, 0) is 16.1 Å². The first-order valence-electron chi connectivity index (χ1n) is 6.71. The molecule has 6 nitrogen and oxygen atoms in total. The average molecular weight is 275 g/mol. The van der Waals surface area contributed by atoms with Crippen LogP contribution in [0.4, 0.5) is 0 Å². The van der Waals surface area contributed by atoms with Crippen molar-refractivity contribution in [1.82, 2.24) is 15.1 Å². The number of carbonyl (C=O) groups excluding carboxylic acids is 1. The van der Waals surface area contributed by atoms with Crippen molar-refractivity contribution in [3.63, 3.8) is 0 Å². The highest BCUT2D eigenvalue weighted by atomic mass is 16.4. The van der Waals surface area contributed by atoms with E-state index in [1.165, 1.54) is 0 Å². The van der Waals surface area contributed by atoms with Crippen molar-refractivity contribution in [2.24, 2.45) is 23.7 Å². The Labute approximate surface area is 116 Å². The van der Waals surface area contributed by atoms with Crippen molar-refractivity contribution in [2.75, 3.05) is 7.05 Å². The number of aromatic nitrogens is 2. The van der Waals surface area contributed by atoms with E-state index in [9.17, 15) is 14.7 Å². The number of aromatic amines is 1. The van der Waals surface area contributed by atoms with Crippen LogP contribution < -0.4 is 0 Å². The molecule has 2 N–H and O–H groups in total. The standard InChI is InChI=1S/C14H17N3O3/c1-17(7-8-5-15-16-6-8)13(18)11-9-2-3-10(4-9)12(11)14(19)20/h2-3,5-6,9-12H,4,7H2,1H3,(H,15,16)(H,19,20). The molecule has 3 rings (SSSR count). The van der Waals surface area contributed by atoms with Gasteiger partial charge in [0.1, 0.15) is 0 Å². The molecule has 106 valence electrons. The number of nitrogens with zero attached hydrogens (tertiary/aromatic N) is 2. The van der Waals surface area contributed by atoms with Crippen LogP contribution in [0.2, 0.25) is 0 Å². The van der Waals surface area contributed by atoms with E-state index in [0.29, 0.717) is 6.54 Å². The van der Waals surface area contributed by atoms with E-state index in [0.717, 1.165) is 12.0 Å². The van der Waals surface area contributed by atoms with E-state index in [-0.39, 0.29) is 17.7 Å². The largest absolute Gasteiger partial charge is 0.481 e. The molecule has 1 aromatic heterocycles. The molecule has 1 fully saturated rings. The Balaban J connectivity index is 1.76. The SMILES string of the molecule is CN(Cc1cn[nH]c1)C(=O)C1C2C=CC(C2)C1C(=O)O. The molecule has 1 aromatic rings. The second-order valence-corrected chi connectivity index (χ2v) is 5.64. The number of rotatable bonds is 4. The van der Waals surface area contributed by atoms with Crippen LogP contribution in [0.3, 0.4) is 0 Å². The average Bonchev–Trinajstić information content (AvgIpc) is 3.12. The van der Waals surface area contributed by atoms with Gasteiger partial charge in [0.2, 0.25) is 5.91 Å². The van der Waals surface area contributed by atoms with Crippen LogP contribution in [0.1, 0.15) is 12.0 Å². The monoisotopic (exact) mass is 275 g/mol. The summed E-state index contributed by atoms with van der Waals surface area (Å²) in [7, 11) is 1.71.